The van der Waals surface area contributed by atoms with E-state index >= 15 is 0 Å². The molecule has 4 aromatic rings. The maximum atomic E-state index is 13.6. The second kappa shape index (κ2) is 12.3. The summed E-state index contributed by atoms with van der Waals surface area (Å²) in [6.45, 7) is 4.88. The number of hydrogen-bond donors (Lipinski definition) is 1. The van der Waals surface area contributed by atoms with Gasteiger partial charge in [0.2, 0.25) is 5.91 Å². The molecule has 2 aromatic carbocycles. The molecule has 0 unspecified atom stereocenters. The van der Waals surface area contributed by atoms with Crippen molar-refractivity contribution in [2.24, 2.45) is 0 Å². The Balaban J connectivity index is 1.43. The van der Waals surface area contributed by atoms with Gasteiger partial charge in [-0.3, -0.25) is 14.6 Å². The molecule has 1 N–H and O–H groups in total. The minimum atomic E-state index is -0.150. The summed E-state index contributed by atoms with van der Waals surface area (Å²) in [5, 5.41) is 4.18. The molecular formula is C34H38N4O3. The highest BCUT2D eigenvalue weighted by molar-refractivity contribution is 6.01. The van der Waals surface area contributed by atoms with Crippen LogP contribution in [0.3, 0.4) is 0 Å². The lowest BCUT2D eigenvalue weighted by Crippen LogP contribution is -2.42. The average Bonchev–Trinajstić information content (AvgIpc) is 3.34. The van der Waals surface area contributed by atoms with Gasteiger partial charge in [0.1, 0.15) is 6.54 Å². The van der Waals surface area contributed by atoms with E-state index in [1.807, 2.05) is 48.2 Å². The van der Waals surface area contributed by atoms with Crippen LogP contribution in [0.5, 0.6) is 0 Å². The largest absolute Gasteiger partial charge is 0.378 e. The number of aryl methyl sites for hydroxylation is 1. The predicted molar refractivity (Wildman–Crippen MR) is 161 cm³/mol. The summed E-state index contributed by atoms with van der Waals surface area (Å²) in [5.74, 6) is 0.356. The molecule has 1 aliphatic heterocycles. The van der Waals surface area contributed by atoms with Crippen molar-refractivity contribution in [3.05, 3.63) is 89.2 Å². The molecule has 41 heavy (non-hydrogen) atoms. The van der Waals surface area contributed by atoms with Crippen molar-refractivity contribution in [1.29, 1.82) is 0 Å². The first-order valence-corrected chi connectivity index (χ1v) is 14.9. The third-order valence-corrected chi connectivity index (χ3v) is 8.46. The number of carbonyl (C=O) groups is 2. The van der Waals surface area contributed by atoms with E-state index in [4.69, 9.17) is 4.74 Å². The normalized spacial score (nSPS) is 16.2. The van der Waals surface area contributed by atoms with Gasteiger partial charge in [0, 0.05) is 29.7 Å². The van der Waals surface area contributed by atoms with Gasteiger partial charge in [-0.15, -0.1) is 0 Å². The number of carbonyl (C=O) groups excluding carboxylic acids is 2. The van der Waals surface area contributed by atoms with Crippen LogP contribution >= 0.6 is 0 Å². The minimum absolute atomic E-state index is 0.0814. The molecule has 1 aliphatic carbocycles. The SMILES string of the molecule is Cc1cccc(CNC(=O)c2ccc3c(C4CCCCC4)c(-c4ccccc4)n(CC(=O)N4CCOCC4)c3c2)n1. The number of pyridine rings is 1. The predicted octanol–water partition coefficient (Wildman–Crippen LogP) is 5.85. The summed E-state index contributed by atoms with van der Waals surface area (Å²) in [7, 11) is 0. The Morgan fingerprint density at radius 1 is 0.951 bits per heavy atom. The Labute approximate surface area is 241 Å². The molecule has 3 heterocycles. The van der Waals surface area contributed by atoms with E-state index in [9.17, 15) is 9.59 Å². The molecule has 7 heteroatoms. The Morgan fingerprint density at radius 2 is 1.73 bits per heavy atom. The summed E-state index contributed by atoms with van der Waals surface area (Å²) >= 11 is 0. The van der Waals surface area contributed by atoms with Gasteiger partial charge in [0.15, 0.2) is 0 Å². The van der Waals surface area contributed by atoms with Crippen LogP contribution in [0.25, 0.3) is 22.2 Å². The van der Waals surface area contributed by atoms with Crippen molar-refractivity contribution in [3.63, 3.8) is 0 Å². The molecule has 0 atom stereocenters. The van der Waals surface area contributed by atoms with Crippen LogP contribution in [0.4, 0.5) is 0 Å². The van der Waals surface area contributed by atoms with Gasteiger partial charge < -0.3 is 19.5 Å². The van der Waals surface area contributed by atoms with Crippen LogP contribution in [0.1, 0.15) is 65.3 Å². The zero-order valence-corrected chi connectivity index (χ0v) is 23.8. The second-order valence-corrected chi connectivity index (χ2v) is 11.2. The molecular weight excluding hydrogens is 512 g/mol. The van der Waals surface area contributed by atoms with Crippen LogP contribution in [-0.2, 0) is 22.6 Å². The van der Waals surface area contributed by atoms with E-state index < -0.39 is 0 Å². The van der Waals surface area contributed by atoms with Crippen molar-refractivity contribution in [2.75, 3.05) is 26.3 Å². The summed E-state index contributed by atoms with van der Waals surface area (Å²) < 4.78 is 7.67. The first kappa shape index (κ1) is 27.2. The summed E-state index contributed by atoms with van der Waals surface area (Å²) in [4.78, 5) is 33.4. The molecule has 2 amide bonds. The molecule has 6 rings (SSSR count). The second-order valence-electron chi connectivity index (χ2n) is 11.2. The Hall–Kier alpha value is -3.97. The Morgan fingerprint density at radius 3 is 2.49 bits per heavy atom. The van der Waals surface area contributed by atoms with Gasteiger partial charge in [-0.05, 0) is 61.1 Å². The van der Waals surface area contributed by atoms with Crippen LogP contribution in [-0.4, -0.2) is 52.6 Å². The minimum Gasteiger partial charge on any atom is -0.378 e. The molecule has 7 nitrogen and oxygen atoms in total. The number of fused-ring (bicyclic) bond motifs is 1. The first-order chi connectivity index (χ1) is 20.1. The van der Waals surface area contributed by atoms with E-state index in [2.05, 4.69) is 45.2 Å². The summed E-state index contributed by atoms with van der Waals surface area (Å²) in [5.41, 5.74) is 6.79. The van der Waals surface area contributed by atoms with E-state index in [0.29, 0.717) is 44.3 Å². The van der Waals surface area contributed by atoms with E-state index in [1.165, 1.54) is 24.8 Å². The number of nitrogens with zero attached hydrogens (tertiary/aromatic N) is 3. The highest BCUT2D eigenvalue weighted by Gasteiger charge is 2.29. The average molecular weight is 551 g/mol. The molecule has 1 saturated heterocycles. The summed E-state index contributed by atoms with van der Waals surface area (Å²) in [6, 6.07) is 22.2. The summed E-state index contributed by atoms with van der Waals surface area (Å²) in [6.07, 6.45) is 5.98. The van der Waals surface area contributed by atoms with Crippen molar-refractivity contribution >= 4 is 22.7 Å². The fourth-order valence-electron chi connectivity index (χ4n) is 6.41. The zero-order chi connectivity index (χ0) is 28.2. The molecule has 212 valence electrons. The number of rotatable bonds is 7. The number of benzene rings is 2. The fraction of sp³-hybridized carbons (Fsp3) is 0.382. The molecule has 0 spiro atoms. The van der Waals surface area contributed by atoms with Crippen LogP contribution in [0.15, 0.2) is 66.7 Å². The number of morpholine rings is 1. The standard InChI is InChI=1S/C34H38N4O3/c1-24-9-8-14-28(36-24)22-35-34(40)27-15-16-29-30(21-27)38(23-31(39)37-17-19-41-20-18-37)33(26-12-6-3-7-13-26)32(29)25-10-4-2-5-11-25/h3,6-9,12-16,21,25H,2,4-5,10-11,17-20,22-23H2,1H3,(H,35,40). The highest BCUT2D eigenvalue weighted by Crippen LogP contribution is 2.44. The van der Waals surface area contributed by atoms with E-state index in [-0.39, 0.29) is 18.4 Å². The van der Waals surface area contributed by atoms with Gasteiger partial charge in [-0.25, -0.2) is 0 Å². The molecule has 2 aromatic heterocycles. The lowest BCUT2D eigenvalue weighted by Gasteiger charge is -2.28. The lowest BCUT2D eigenvalue weighted by atomic mass is 9.82. The van der Waals surface area contributed by atoms with Gasteiger partial charge in [0.05, 0.1) is 36.7 Å². The van der Waals surface area contributed by atoms with E-state index in [1.54, 1.807) is 0 Å². The maximum absolute atomic E-state index is 13.6. The number of hydrogen-bond acceptors (Lipinski definition) is 4. The molecule has 2 aliphatic rings. The quantitative estimate of drug-likeness (QED) is 0.313. The number of amides is 2. The van der Waals surface area contributed by atoms with Crippen molar-refractivity contribution in [1.82, 2.24) is 19.8 Å². The van der Waals surface area contributed by atoms with Crippen molar-refractivity contribution < 1.29 is 14.3 Å². The topological polar surface area (TPSA) is 76.5 Å². The van der Waals surface area contributed by atoms with Crippen LogP contribution in [0, 0.1) is 6.92 Å². The molecule has 0 radical (unpaired) electrons. The number of nitrogens with one attached hydrogen (secondary N) is 1. The van der Waals surface area contributed by atoms with Crippen LogP contribution in [0.2, 0.25) is 0 Å². The zero-order valence-electron chi connectivity index (χ0n) is 23.8. The van der Waals surface area contributed by atoms with Gasteiger partial charge in [-0.1, -0.05) is 61.7 Å². The Bertz CT molecular complexity index is 1530. The first-order valence-electron chi connectivity index (χ1n) is 14.9. The van der Waals surface area contributed by atoms with Crippen molar-refractivity contribution in [3.8, 4) is 11.3 Å². The fourth-order valence-corrected chi connectivity index (χ4v) is 6.41. The van der Waals surface area contributed by atoms with Gasteiger partial charge in [-0.2, -0.15) is 0 Å². The molecule has 2 fully saturated rings. The molecule has 1 saturated carbocycles. The smallest absolute Gasteiger partial charge is 0.251 e. The van der Waals surface area contributed by atoms with Crippen molar-refractivity contribution in [2.45, 2.75) is 58.0 Å². The molecule has 0 bridgehead atoms. The lowest BCUT2D eigenvalue weighted by molar-refractivity contribution is -0.135. The van der Waals surface area contributed by atoms with Gasteiger partial charge >= 0.3 is 0 Å². The highest BCUT2D eigenvalue weighted by atomic mass is 16.5. The third-order valence-electron chi connectivity index (χ3n) is 8.46. The number of aromatic nitrogens is 2. The number of ether oxygens (including phenoxy) is 1. The maximum Gasteiger partial charge on any atom is 0.251 e. The van der Waals surface area contributed by atoms with E-state index in [0.717, 1.165) is 46.4 Å². The van der Waals surface area contributed by atoms with Crippen LogP contribution < -0.4 is 5.32 Å². The Kier molecular flexibility index (Phi) is 8.14. The van der Waals surface area contributed by atoms with Gasteiger partial charge in [0.25, 0.3) is 5.91 Å². The monoisotopic (exact) mass is 550 g/mol. The third kappa shape index (κ3) is 5.91.